The number of carbonyl (C=O) groups excluding carboxylic acids is 1. The van der Waals surface area contributed by atoms with Crippen molar-refractivity contribution in [3.8, 4) is 11.4 Å². The Hall–Kier alpha value is -1.96. The molecule has 1 fully saturated rings. The maximum atomic E-state index is 12.7. The third kappa shape index (κ3) is 3.72. The van der Waals surface area contributed by atoms with Crippen LogP contribution in [0.2, 0.25) is 5.02 Å². The van der Waals surface area contributed by atoms with Crippen LogP contribution >= 0.6 is 11.6 Å². The van der Waals surface area contributed by atoms with E-state index in [0.29, 0.717) is 36.8 Å². The quantitative estimate of drug-likeness (QED) is 0.841. The first kappa shape index (κ1) is 18.4. The van der Waals surface area contributed by atoms with Crippen LogP contribution in [0.15, 0.2) is 18.2 Å². The number of halogens is 1. The number of nitrogens with two attached hydrogens (primary N) is 1. The van der Waals surface area contributed by atoms with E-state index in [1.54, 1.807) is 12.1 Å². The Labute approximate surface area is 163 Å². The standard InChI is InChI=1S/C19H24ClN5O2/c20-15-6-5-13(22-18(26)19(21)7-10-27-11-8-19)12-14(15)17-24-23-16-4-2-1-3-9-25(16)17/h5-6,12H,1-4,7-11,21H2,(H,22,26). The second-order valence-corrected chi connectivity index (χ2v) is 7.73. The van der Waals surface area contributed by atoms with Crippen molar-refractivity contribution in [3.63, 3.8) is 0 Å². The zero-order valence-electron chi connectivity index (χ0n) is 15.2. The lowest BCUT2D eigenvalue weighted by atomic mass is 9.90. The third-order valence-corrected chi connectivity index (χ3v) is 5.74. The molecule has 0 saturated carbocycles. The molecule has 2 aliphatic heterocycles. The monoisotopic (exact) mass is 389 g/mol. The van der Waals surface area contributed by atoms with E-state index >= 15 is 0 Å². The predicted molar refractivity (Wildman–Crippen MR) is 104 cm³/mol. The first-order valence-corrected chi connectivity index (χ1v) is 9.85. The number of amides is 1. The van der Waals surface area contributed by atoms with E-state index in [2.05, 4.69) is 20.1 Å². The number of fused-ring (bicyclic) bond motifs is 1. The molecule has 7 nitrogen and oxygen atoms in total. The van der Waals surface area contributed by atoms with Crippen molar-refractivity contribution in [3.05, 3.63) is 29.0 Å². The van der Waals surface area contributed by atoms with Gasteiger partial charge in [-0.25, -0.2) is 0 Å². The zero-order chi connectivity index (χ0) is 18.9. The molecule has 0 unspecified atom stereocenters. The Kier molecular flexibility index (Phi) is 5.16. The molecule has 1 amide bonds. The summed E-state index contributed by atoms with van der Waals surface area (Å²) in [4.78, 5) is 12.7. The lowest BCUT2D eigenvalue weighted by Crippen LogP contribution is -2.54. The van der Waals surface area contributed by atoms with Crippen molar-refractivity contribution in [1.29, 1.82) is 0 Å². The number of anilines is 1. The van der Waals surface area contributed by atoms with Crippen molar-refractivity contribution in [2.24, 2.45) is 5.73 Å². The van der Waals surface area contributed by atoms with E-state index in [-0.39, 0.29) is 5.91 Å². The number of ether oxygens (including phenoxy) is 1. The van der Waals surface area contributed by atoms with E-state index in [1.807, 2.05) is 6.07 Å². The minimum atomic E-state index is -0.899. The predicted octanol–water partition coefficient (Wildman–Crippen LogP) is 2.77. The van der Waals surface area contributed by atoms with Crippen LogP contribution in [0, 0.1) is 0 Å². The van der Waals surface area contributed by atoms with Crippen LogP contribution in [0.25, 0.3) is 11.4 Å². The summed E-state index contributed by atoms with van der Waals surface area (Å²) in [6.07, 6.45) is 5.37. The van der Waals surface area contributed by atoms with Gasteiger partial charge in [0.2, 0.25) is 5.91 Å². The molecule has 144 valence electrons. The lowest BCUT2D eigenvalue weighted by molar-refractivity contribution is -0.124. The van der Waals surface area contributed by atoms with E-state index in [4.69, 9.17) is 22.1 Å². The van der Waals surface area contributed by atoms with Gasteiger partial charge in [-0.2, -0.15) is 0 Å². The van der Waals surface area contributed by atoms with E-state index in [0.717, 1.165) is 43.0 Å². The van der Waals surface area contributed by atoms with Gasteiger partial charge in [-0.3, -0.25) is 4.79 Å². The molecule has 1 aromatic heterocycles. The van der Waals surface area contributed by atoms with Gasteiger partial charge in [0.05, 0.1) is 5.02 Å². The van der Waals surface area contributed by atoms with Gasteiger partial charge in [-0.1, -0.05) is 18.0 Å². The molecule has 1 saturated heterocycles. The molecule has 0 radical (unpaired) electrons. The Morgan fingerprint density at radius 1 is 1.22 bits per heavy atom. The SMILES string of the molecule is NC1(C(=O)Nc2ccc(Cl)c(-c3nnc4n3CCCCC4)c2)CCOCC1. The number of nitrogens with zero attached hydrogens (tertiary/aromatic N) is 3. The average Bonchev–Trinajstić information content (AvgIpc) is 2.91. The highest BCUT2D eigenvalue weighted by molar-refractivity contribution is 6.33. The van der Waals surface area contributed by atoms with Crippen molar-refractivity contribution < 1.29 is 9.53 Å². The molecule has 0 atom stereocenters. The molecule has 3 N–H and O–H groups in total. The van der Waals surface area contributed by atoms with Crippen LogP contribution in [0.4, 0.5) is 5.69 Å². The van der Waals surface area contributed by atoms with Gasteiger partial charge < -0.3 is 20.4 Å². The second kappa shape index (κ2) is 7.58. The van der Waals surface area contributed by atoms with Gasteiger partial charge >= 0.3 is 0 Å². The zero-order valence-corrected chi connectivity index (χ0v) is 16.0. The number of benzene rings is 1. The fourth-order valence-electron chi connectivity index (χ4n) is 3.68. The first-order valence-electron chi connectivity index (χ1n) is 9.47. The summed E-state index contributed by atoms with van der Waals surface area (Å²) in [6.45, 7) is 1.89. The topological polar surface area (TPSA) is 95.1 Å². The minimum Gasteiger partial charge on any atom is -0.381 e. The number of aromatic nitrogens is 3. The van der Waals surface area contributed by atoms with E-state index in [1.165, 1.54) is 6.42 Å². The lowest BCUT2D eigenvalue weighted by Gasteiger charge is -2.31. The summed E-state index contributed by atoms with van der Waals surface area (Å²) in [5.41, 5.74) is 6.80. The summed E-state index contributed by atoms with van der Waals surface area (Å²) in [5.74, 6) is 1.55. The maximum absolute atomic E-state index is 12.7. The first-order chi connectivity index (χ1) is 13.1. The second-order valence-electron chi connectivity index (χ2n) is 7.32. The summed E-state index contributed by atoms with van der Waals surface area (Å²) < 4.78 is 7.46. The molecule has 2 aliphatic rings. The van der Waals surface area contributed by atoms with Crippen LogP contribution in [0.3, 0.4) is 0 Å². The van der Waals surface area contributed by atoms with Crippen LogP contribution in [0.1, 0.15) is 37.9 Å². The largest absolute Gasteiger partial charge is 0.381 e. The van der Waals surface area contributed by atoms with Crippen molar-refractivity contribution >= 4 is 23.2 Å². The number of aryl methyl sites for hydroxylation is 1. The van der Waals surface area contributed by atoms with Crippen molar-refractivity contribution in [1.82, 2.24) is 14.8 Å². The highest BCUT2D eigenvalue weighted by Gasteiger charge is 2.36. The Balaban J connectivity index is 1.61. The number of nitrogens with one attached hydrogen (secondary N) is 1. The summed E-state index contributed by atoms with van der Waals surface area (Å²) in [7, 11) is 0. The smallest absolute Gasteiger partial charge is 0.244 e. The highest BCUT2D eigenvalue weighted by Crippen LogP contribution is 2.32. The Bertz CT molecular complexity index is 845. The van der Waals surface area contributed by atoms with Crippen LogP contribution in [0.5, 0.6) is 0 Å². The van der Waals surface area contributed by atoms with Crippen LogP contribution < -0.4 is 11.1 Å². The molecule has 3 heterocycles. The fourth-order valence-corrected chi connectivity index (χ4v) is 3.88. The number of carbonyl (C=O) groups is 1. The molecule has 0 bridgehead atoms. The van der Waals surface area contributed by atoms with E-state index in [9.17, 15) is 4.79 Å². The molecular formula is C19H24ClN5O2. The van der Waals surface area contributed by atoms with Gasteiger partial charge in [0, 0.05) is 37.4 Å². The van der Waals surface area contributed by atoms with Crippen LogP contribution in [-0.2, 0) is 22.5 Å². The summed E-state index contributed by atoms with van der Waals surface area (Å²) in [5, 5.41) is 12.2. The van der Waals surface area contributed by atoms with Crippen LogP contribution in [-0.4, -0.2) is 39.4 Å². The Morgan fingerprint density at radius 3 is 2.85 bits per heavy atom. The van der Waals surface area contributed by atoms with Gasteiger partial charge in [0.1, 0.15) is 11.4 Å². The fraction of sp³-hybridized carbons (Fsp3) is 0.526. The highest BCUT2D eigenvalue weighted by atomic mass is 35.5. The molecule has 4 rings (SSSR count). The molecule has 2 aromatic rings. The molecule has 1 aromatic carbocycles. The third-order valence-electron chi connectivity index (χ3n) is 5.41. The van der Waals surface area contributed by atoms with Gasteiger partial charge in [-0.15, -0.1) is 10.2 Å². The number of hydrogen-bond donors (Lipinski definition) is 2. The summed E-state index contributed by atoms with van der Waals surface area (Å²) in [6, 6.07) is 5.41. The molecule has 8 heteroatoms. The molecule has 0 aliphatic carbocycles. The van der Waals surface area contributed by atoms with Gasteiger partial charge in [0.15, 0.2) is 5.82 Å². The van der Waals surface area contributed by atoms with Crippen molar-refractivity contribution in [2.75, 3.05) is 18.5 Å². The van der Waals surface area contributed by atoms with E-state index < -0.39 is 5.54 Å². The molecule has 0 spiro atoms. The summed E-state index contributed by atoms with van der Waals surface area (Å²) >= 11 is 6.45. The molecular weight excluding hydrogens is 366 g/mol. The van der Waals surface area contributed by atoms with Crippen molar-refractivity contribution in [2.45, 2.75) is 50.6 Å². The minimum absolute atomic E-state index is 0.195. The molecule has 27 heavy (non-hydrogen) atoms. The Morgan fingerprint density at radius 2 is 2.04 bits per heavy atom. The number of hydrogen-bond acceptors (Lipinski definition) is 5. The van der Waals surface area contributed by atoms with Gasteiger partial charge in [0.25, 0.3) is 0 Å². The normalized spacial score (nSPS) is 19.2. The maximum Gasteiger partial charge on any atom is 0.244 e. The van der Waals surface area contributed by atoms with Gasteiger partial charge in [-0.05, 0) is 43.9 Å². The average molecular weight is 390 g/mol. The number of rotatable bonds is 3.